The van der Waals surface area contributed by atoms with Crippen molar-refractivity contribution in [1.82, 2.24) is 5.32 Å². The molecule has 0 aromatic carbocycles. The van der Waals surface area contributed by atoms with E-state index in [4.69, 9.17) is 4.99 Å². The Morgan fingerprint density at radius 1 is 1.32 bits per heavy atom. The highest BCUT2D eigenvalue weighted by Crippen LogP contribution is 2.33. The maximum atomic E-state index is 4.86. The van der Waals surface area contributed by atoms with Gasteiger partial charge in [0.05, 0.1) is 0 Å². The first-order valence-corrected chi connectivity index (χ1v) is 9.03. The standard InChI is InChI=1S/C16H30N2S/c1-4-5-6-10-16(2,3)12-17-15-18-14-9-7-8-13(14)11-19-15/h13-14H,4-12H2,1-3H3,(H,17,18). The second kappa shape index (κ2) is 7.01. The molecule has 2 atom stereocenters. The summed E-state index contributed by atoms with van der Waals surface area (Å²) in [5.74, 6) is 2.19. The fourth-order valence-corrected chi connectivity index (χ4v) is 4.28. The molecule has 1 N–H and O–H groups in total. The lowest BCUT2D eigenvalue weighted by molar-refractivity contribution is 0.333. The number of rotatable bonds is 6. The van der Waals surface area contributed by atoms with Gasteiger partial charge >= 0.3 is 0 Å². The van der Waals surface area contributed by atoms with E-state index in [-0.39, 0.29) is 0 Å². The Morgan fingerprint density at radius 2 is 2.16 bits per heavy atom. The highest BCUT2D eigenvalue weighted by Gasteiger charge is 2.32. The molecule has 0 bridgehead atoms. The first-order chi connectivity index (χ1) is 9.11. The largest absolute Gasteiger partial charge is 0.362 e. The summed E-state index contributed by atoms with van der Waals surface area (Å²) in [7, 11) is 0. The van der Waals surface area contributed by atoms with E-state index in [1.54, 1.807) is 0 Å². The van der Waals surface area contributed by atoms with Gasteiger partial charge in [0, 0.05) is 18.3 Å². The topological polar surface area (TPSA) is 24.4 Å². The summed E-state index contributed by atoms with van der Waals surface area (Å²) >= 11 is 1.95. The minimum Gasteiger partial charge on any atom is -0.362 e. The smallest absolute Gasteiger partial charge is 0.156 e. The van der Waals surface area contributed by atoms with Crippen LogP contribution in [0.5, 0.6) is 0 Å². The second-order valence-electron chi connectivity index (χ2n) is 7.00. The van der Waals surface area contributed by atoms with Crippen molar-refractivity contribution in [1.29, 1.82) is 0 Å². The van der Waals surface area contributed by atoms with Gasteiger partial charge in [0.25, 0.3) is 0 Å². The van der Waals surface area contributed by atoms with Crippen molar-refractivity contribution in [3.8, 4) is 0 Å². The monoisotopic (exact) mass is 282 g/mol. The predicted molar refractivity (Wildman–Crippen MR) is 86.9 cm³/mol. The molecular formula is C16H30N2S. The van der Waals surface area contributed by atoms with E-state index >= 15 is 0 Å². The van der Waals surface area contributed by atoms with Crippen LogP contribution in [0.2, 0.25) is 0 Å². The number of hydrogen-bond donors (Lipinski definition) is 1. The third-order valence-electron chi connectivity index (χ3n) is 4.51. The molecule has 1 saturated heterocycles. The van der Waals surface area contributed by atoms with Crippen LogP contribution in [0.4, 0.5) is 0 Å². The van der Waals surface area contributed by atoms with Gasteiger partial charge < -0.3 is 5.32 Å². The summed E-state index contributed by atoms with van der Waals surface area (Å²) in [6.07, 6.45) is 9.49. The minimum atomic E-state index is 0.358. The van der Waals surface area contributed by atoms with Crippen LogP contribution < -0.4 is 5.32 Å². The molecule has 110 valence electrons. The number of thioether (sulfide) groups is 1. The number of nitrogens with one attached hydrogen (secondary N) is 1. The third kappa shape index (κ3) is 4.70. The lowest BCUT2D eigenvalue weighted by Crippen LogP contribution is -2.41. The van der Waals surface area contributed by atoms with Gasteiger partial charge in [-0.15, -0.1) is 0 Å². The van der Waals surface area contributed by atoms with Crippen molar-refractivity contribution >= 4 is 16.9 Å². The highest BCUT2D eigenvalue weighted by molar-refractivity contribution is 8.13. The molecule has 2 fully saturated rings. The zero-order valence-electron chi connectivity index (χ0n) is 12.9. The van der Waals surface area contributed by atoms with E-state index in [9.17, 15) is 0 Å². The molecule has 1 aliphatic heterocycles. The Morgan fingerprint density at radius 3 is 2.95 bits per heavy atom. The summed E-state index contributed by atoms with van der Waals surface area (Å²) in [5.41, 5.74) is 0.358. The van der Waals surface area contributed by atoms with Gasteiger partial charge in [0.1, 0.15) is 0 Å². The molecule has 2 aliphatic rings. The van der Waals surface area contributed by atoms with Crippen LogP contribution >= 0.6 is 11.8 Å². The lowest BCUT2D eigenvalue weighted by Gasteiger charge is -2.29. The fraction of sp³-hybridized carbons (Fsp3) is 0.938. The number of unbranched alkanes of at least 4 members (excludes halogenated alkanes) is 2. The molecule has 0 amide bonds. The molecule has 1 heterocycles. The van der Waals surface area contributed by atoms with E-state index in [1.807, 2.05) is 11.8 Å². The van der Waals surface area contributed by atoms with Crippen LogP contribution in [0.15, 0.2) is 4.99 Å². The number of nitrogens with zero attached hydrogens (tertiary/aromatic N) is 1. The van der Waals surface area contributed by atoms with Crippen molar-refractivity contribution in [3.05, 3.63) is 0 Å². The Balaban J connectivity index is 1.77. The molecule has 19 heavy (non-hydrogen) atoms. The molecule has 1 aliphatic carbocycles. The van der Waals surface area contributed by atoms with E-state index in [0.29, 0.717) is 5.41 Å². The molecule has 2 rings (SSSR count). The number of aliphatic imine (C=N–C) groups is 1. The average molecular weight is 282 g/mol. The van der Waals surface area contributed by atoms with Crippen molar-refractivity contribution in [2.45, 2.75) is 71.8 Å². The van der Waals surface area contributed by atoms with Gasteiger partial charge in [0.2, 0.25) is 0 Å². The molecule has 1 saturated carbocycles. The molecule has 0 spiro atoms. The lowest BCUT2D eigenvalue weighted by atomic mass is 9.87. The van der Waals surface area contributed by atoms with Gasteiger partial charge in [-0.1, -0.05) is 58.2 Å². The molecular weight excluding hydrogens is 252 g/mol. The summed E-state index contributed by atoms with van der Waals surface area (Å²) < 4.78 is 0. The SMILES string of the molecule is CCCCCC(C)(C)CN=C1NC2CCCC2CS1. The van der Waals surface area contributed by atoms with Crippen LogP contribution in [-0.4, -0.2) is 23.5 Å². The zero-order chi connectivity index (χ0) is 13.7. The van der Waals surface area contributed by atoms with Crippen LogP contribution in [0.1, 0.15) is 65.7 Å². The predicted octanol–water partition coefficient (Wildman–Crippen LogP) is 4.45. The van der Waals surface area contributed by atoms with E-state index < -0.39 is 0 Å². The Hall–Kier alpha value is -0.180. The summed E-state index contributed by atoms with van der Waals surface area (Å²) in [5, 5.41) is 4.88. The first kappa shape index (κ1) is 15.2. The zero-order valence-corrected chi connectivity index (χ0v) is 13.7. The van der Waals surface area contributed by atoms with E-state index in [1.165, 1.54) is 55.9 Å². The van der Waals surface area contributed by atoms with E-state index in [2.05, 4.69) is 26.1 Å². The molecule has 0 aromatic rings. The minimum absolute atomic E-state index is 0.358. The normalized spacial score (nSPS) is 29.3. The summed E-state index contributed by atoms with van der Waals surface area (Å²) in [6.45, 7) is 7.97. The molecule has 2 unspecified atom stereocenters. The Kier molecular flexibility index (Phi) is 5.61. The van der Waals surface area contributed by atoms with Gasteiger partial charge in [-0.05, 0) is 30.6 Å². The number of amidine groups is 1. The number of fused-ring (bicyclic) bond motifs is 1. The maximum Gasteiger partial charge on any atom is 0.156 e. The summed E-state index contributed by atoms with van der Waals surface area (Å²) in [4.78, 5) is 4.86. The summed E-state index contributed by atoms with van der Waals surface area (Å²) in [6, 6.07) is 0.725. The Bertz CT molecular complexity index is 312. The number of hydrogen-bond acceptors (Lipinski definition) is 2. The maximum absolute atomic E-state index is 4.86. The van der Waals surface area contributed by atoms with E-state index in [0.717, 1.165) is 18.5 Å². The van der Waals surface area contributed by atoms with Crippen molar-refractivity contribution in [2.75, 3.05) is 12.3 Å². The van der Waals surface area contributed by atoms with Gasteiger partial charge in [-0.2, -0.15) is 0 Å². The van der Waals surface area contributed by atoms with Gasteiger partial charge in [0.15, 0.2) is 5.17 Å². The molecule has 3 heteroatoms. The van der Waals surface area contributed by atoms with Crippen molar-refractivity contribution in [3.63, 3.8) is 0 Å². The molecule has 0 aromatic heterocycles. The van der Waals surface area contributed by atoms with Crippen LogP contribution in [0, 0.1) is 11.3 Å². The molecule has 2 nitrogen and oxygen atoms in total. The average Bonchev–Trinajstić information content (AvgIpc) is 2.84. The first-order valence-electron chi connectivity index (χ1n) is 8.04. The van der Waals surface area contributed by atoms with Crippen molar-refractivity contribution < 1.29 is 0 Å². The Labute approximate surface area is 123 Å². The second-order valence-corrected chi connectivity index (χ2v) is 8.00. The van der Waals surface area contributed by atoms with Crippen LogP contribution in [-0.2, 0) is 0 Å². The fourth-order valence-electron chi connectivity index (χ4n) is 3.12. The quantitative estimate of drug-likeness (QED) is 0.728. The highest BCUT2D eigenvalue weighted by atomic mass is 32.2. The van der Waals surface area contributed by atoms with Crippen LogP contribution in [0.25, 0.3) is 0 Å². The third-order valence-corrected chi connectivity index (χ3v) is 5.63. The molecule has 0 radical (unpaired) electrons. The van der Waals surface area contributed by atoms with Crippen LogP contribution in [0.3, 0.4) is 0 Å². The van der Waals surface area contributed by atoms with Crippen molar-refractivity contribution in [2.24, 2.45) is 16.3 Å². The van der Waals surface area contributed by atoms with Gasteiger partial charge in [-0.3, -0.25) is 4.99 Å². The van der Waals surface area contributed by atoms with Gasteiger partial charge in [-0.25, -0.2) is 0 Å².